The summed E-state index contributed by atoms with van der Waals surface area (Å²) in [6.07, 6.45) is 6.70. The summed E-state index contributed by atoms with van der Waals surface area (Å²) in [5, 5.41) is 0. The fourth-order valence-corrected chi connectivity index (χ4v) is 3.27. The van der Waals surface area contributed by atoms with E-state index in [2.05, 4.69) is 75.4 Å². The van der Waals surface area contributed by atoms with Crippen LogP contribution >= 0.6 is 0 Å². The van der Waals surface area contributed by atoms with Crippen LogP contribution in [0.5, 0.6) is 0 Å². The third-order valence-electron chi connectivity index (χ3n) is 4.35. The summed E-state index contributed by atoms with van der Waals surface area (Å²) >= 11 is 0. The Morgan fingerprint density at radius 2 is 1.64 bits per heavy atom. The molecule has 0 aromatic heterocycles. The van der Waals surface area contributed by atoms with E-state index in [-0.39, 0.29) is 0 Å². The Labute approximate surface area is 133 Å². The molecule has 1 atom stereocenters. The Balaban J connectivity index is 1.84. The first-order valence-corrected chi connectivity index (χ1v) is 8.02. The van der Waals surface area contributed by atoms with Gasteiger partial charge in [0.25, 0.3) is 0 Å². The molecular weight excluding hydrogens is 266 g/mol. The maximum Gasteiger partial charge on any atom is 0.0691 e. The monoisotopic (exact) mass is 289 g/mol. The third kappa shape index (κ3) is 3.19. The van der Waals surface area contributed by atoms with Crippen molar-refractivity contribution in [2.24, 2.45) is 4.99 Å². The fourth-order valence-electron chi connectivity index (χ4n) is 3.27. The topological polar surface area (TPSA) is 12.4 Å². The van der Waals surface area contributed by atoms with Gasteiger partial charge in [-0.1, -0.05) is 54.1 Å². The van der Waals surface area contributed by atoms with Gasteiger partial charge in [0.2, 0.25) is 0 Å². The Bertz CT molecular complexity index is 700. The minimum absolute atomic E-state index is 0.528. The van der Waals surface area contributed by atoms with E-state index < -0.39 is 0 Å². The molecule has 0 radical (unpaired) electrons. The number of nitrogens with zero attached hydrogens (tertiary/aromatic N) is 1. The summed E-state index contributed by atoms with van der Waals surface area (Å²) in [4.78, 5) is 4.92. The quantitative estimate of drug-likeness (QED) is 0.660. The minimum atomic E-state index is 0.528. The average Bonchev–Trinajstić information content (AvgIpc) is 2.52. The lowest BCUT2D eigenvalue weighted by atomic mass is 9.88. The van der Waals surface area contributed by atoms with Crippen molar-refractivity contribution in [1.82, 2.24) is 0 Å². The number of allylic oxidation sites excluding steroid dienone is 2. The predicted molar refractivity (Wildman–Crippen MR) is 95.3 cm³/mol. The van der Waals surface area contributed by atoms with Crippen molar-refractivity contribution < 1.29 is 0 Å². The highest BCUT2D eigenvalue weighted by Crippen LogP contribution is 2.30. The molecule has 1 aliphatic carbocycles. The molecule has 2 aromatic carbocycles. The molecule has 1 unspecified atom stereocenters. The molecule has 0 saturated carbocycles. The van der Waals surface area contributed by atoms with E-state index in [0.717, 1.165) is 18.5 Å². The normalized spacial score (nSPS) is 19.6. The van der Waals surface area contributed by atoms with Gasteiger partial charge in [0, 0.05) is 11.6 Å². The highest BCUT2D eigenvalue weighted by molar-refractivity contribution is 5.98. The molecule has 3 rings (SSSR count). The van der Waals surface area contributed by atoms with Crippen LogP contribution in [-0.4, -0.2) is 5.71 Å². The first kappa shape index (κ1) is 14.8. The van der Waals surface area contributed by atoms with Gasteiger partial charge in [0.05, 0.1) is 5.69 Å². The van der Waals surface area contributed by atoms with E-state index in [0.29, 0.717) is 5.92 Å². The number of benzene rings is 2. The summed E-state index contributed by atoms with van der Waals surface area (Å²) in [6, 6.07) is 15.2. The molecule has 1 aliphatic rings. The number of aliphatic imine (C=N–C) groups is 1. The van der Waals surface area contributed by atoms with Crippen molar-refractivity contribution in [3.05, 3.63) is 76.9 Å². The van der Waals surface area contributed by atoms with Gasteiger partial charge >= 0.3 is 0 Å². The van der Waals surface area contributed by atoms with Gasteiger partial charge in [-0.15, -0.1) is 0 Å². The van der Waals surface area contributed by atoms with Gasteiger partial charge in [-0.2, -0.15) is 0 Å². The number of hydrogen-bond acceptors (Lipinski definition) is 1. The van der Waals surface area contributed by atoms with Gasteiger partial charge in [-0.05, 0) is 56.4 Å². The lowest BCUT2D eigenvalue weighted by Gasteiger charge is -2.18. The second-order valence-electron chi connectivity index (χ2n) is 6.27. The largest absolute Gasteiger partial charge is 0.253 e. The first-order chi connectivity index (χ1) is 10.6. The predicted octanol–water partition coefficient (Wildman–Crippen LogP) is 5.82. The zero-order valence-corrected chi connectivity index (χ0v) is 13.6. The third-order valence-corrected chi connectivity index (χ3v) is 4.35. The molecule has 2 aromatic rings. The van der Waals surface area contributed by atoms with Gasteiger partial charge in [0.1, 0.15) is 0 Å². The maximum absolute atomic E-state index is 4.92. The molecule has 0 aliphatic heterocycles. The SMILES string of the molecule is Cc1cc(C)c(N=C2C=CC(c3ccccc3)CC2)c(C)c1. The van der Waals surface area contributed by atoms with E-state index in [1.165, 1.54) is 28.0 Å². The number of aryl methyl sites for hydroxylation is 3. The van der Waals surface area contributed by atoms with Gasteiger partial charge < -0.3 is 0 Å². The van der Waals surface area contributed by atoms with Crippen molar-refractivity contribution in [1.29, 1.82) is 0 Å². The standard InChI is InChI=1S/C21H23N/c1-15-13-16(2)21(17(3)14-15)22-20-11-9-19(10-12-20)18-7-5-4-6-8-18/h4-9,11,13-14,19H,10,12H2,1-3H3. The highest BCUT2D eigenvalue weighted by Gasteiger charge is 2.14. The molecule has 1 heteroatoms. The van der Waals surface area contributed by atoms with E-state index in [4.69, 9.17) is 4.99 Å². The molecule has 0 heterocycles. The molecule has 0 saturated heterocycles. The lowest BCUT2D eigenvalue weighted by Crippen LogP contribution is -2.06. The van der Waals surface area contributed by atoms with Crippen LogP contribution in [0.15, 0.2) is 59.6 Å². The van der Waals surface area contributed by atoms with Crippen LogP contribution in [0.2, 0.25) is 0 Å². The van der Waals surface area contributed by atoms with Gasteiger partial charge in [-0.25, -0.2) is 0 Å². The summed E-state index contributed by atoms with van der Waals surface area (Å²) in [5.74, 6) is 0.528. The van der Waals surface area contributed by atoms with Crippen molar-refractivity contribution >= 4 is 11.4 Å². The Morgan fingerprint density at radius 1 is 0.955 bits per heavy atom. The van der Waals surface area contributed by atoms with Crippen molar-refractivity contribution in [3.63, 3.8) is 0 Å². The number of hydrogen-bond donors (Lipinski definition) is 0. The Morgan fingerprint density at radius 3 is 2.23 bits per heavy atom. The van der Waals surface area contributed by atoms with E-state index in [9.17, 15) is 0 Å². The molecule has 112 valence electrons. The molecule has 0 fully saturated rings. The summed E-state index contributed by atoms with van der Waals surface area (Å²) < 4.78 is 0. The highest BCUT2D eigenvalue weighted by atomic mass is 14.8. The van der Waals surface area contributed by atoms with Crippen molar-refractivity contribution in [3.8, 4) is 0 Å². The number of rotatable bonds is 2. The minimum Gasteiger partial charge on any atom is -0.253 e. The van der Waals surface area contributed by atoms with Crippen LogP contribution in [0.1, 0.15) is 41.0 Å². The molecule has 0 amide bonds. The zero-order valence-electron chi connectivity index (χ0n) is 13.6. The van der Waals surface area contributed by atoms with Crippen LogP contribution in [0, 0.1) is 20.8 Å². The van der Waals surface area contributed by atoms with Gasteiger partial charge in [-0.3, -0.25) is 4.99 Å². The van der Waals surface area contributed by atoms with Crippen molar-refractivity contribution in [2.45, 2.75) is 39.5 Å². The van der Waals surface area contributed by atoms with Crippen LogP contribution in [0.25, 0.3) is 0 Å². The first-order valence-electron chi connectivity index (χ1n) is 8.02. The maximum atomic E-state index is 4.92. The van der Waals surface area contributed by atoms with E-state index >= 15 is 0 Å². The lowest BCUT2D eigenvalue weighted by molar-refractivity contribution is 0.755. The van der Waals surface area contributed by atoms with Crippen LogP contribution in [-0.2, 0) is 0 Å². The average molecular weight is 289 g/mol. The molecule has 0 bridgehead atoms. The molecule has 0 spiro atoms. The van der Waals surface area contributed by atoms with Crippen LogP contribution in [0.3, 0.4) is 0 Å². The summed E-state index contributed by atoms with van der Waals surface area (Å²) in [7, 11) is 0. The van der Waals surface area contributed by atoms with Crippen molar-refractivity contribution in [2.75, 3.05) is 0 Å². The summed E-state index contributed by atoms with van der Waals surface area (Å²) in [6.45, 7) is 6.44. The van der Waals surface area contributed by atoms with Gasteiger partial charge in [0.15, 0.2) is 0 Å². The zero-order chi connectivity index (χ0) is 15.5. The molecule has 0 N–H and O–H groups in total. The Hall–Kier alpha value is -2.15. The van der Waals surface area contributed by atoms with Crippen LogP contribution in [0.4, 0.5) is 5.69 Å². The Kier molecular flexibility index (Phi) is 4.24. The second-order valence-corrected chi connectivity index (χ2v) is 6.27. The smallest absolute Gasteiger partial charge is 0.0691 e. The molecule has 22 heavy (non-hydrogen) atoms. The van der Waals surface area contributed by atoms with E-state index in [1.807, 2.05) is 0 Å². The van der Waals surface area contributed by atoms with Crippen LogP contribution < -0.4 is 0 Å². The molecular formula is C21H23N. The second kappa shape index (κ2) is 6.31. The molecule has 1 nitrogen and oxygen atoms in total. The van der Waals surface area contributed by atoms with E-state index in [1.54, 1.807) is 0 Å². The fraction of sp³-hybridized carbons (Fsp3) is 0.286. The summed E-state index contributed by atoms with van der Waals surface area (Å²) in [5.41, 5.74) is 7.58.